The molecule has 4 aliphatic carbocycles. The molecular formula is C45H72O17. The molecule has 0 amide bonds. The highest BCUT2D eigenvalue weighted by Crippen LogP contribution is 2.70. The molecule has 17 heteroatoms. The Morgan fingerprint density at radius 2 is 1.34 bits per heavy atom. The summed E-state index contributed by atoms with van der Waals surface area (Å²) in [5, 5.41) is 96.0. The first-order chi connectivity index (χ1) is 29.4. The van der Waals surface area contributed by atoms with Crippen molar-refractivity contribution in [3.05, 3.63) is 11.6 Å². The molecule has 5 saturated heterocycles. The van der Waals surface area contributed by atoms with Crippen LogP contribution in [0.25, 0.3) is 0 Å². The third-order valence-corrected chi connectivity index (χ3v) is 17.7. The van der Waals surface area contributed by atoms with Gasteiger partial charge in [-0.2, -0.15) is 0 Å². The van der Waals surface area contributed by atoms with Crippen molar-refractivity contribution in [2.24, 2.45) is 46.3 Å². The lowest BCUT2D eigenvalue weighted by Gasteiger charge is -2.58. The first-order valence-electron chi connectivity index (χ1n) is 23.4. The zero-order valence-electron chi connectivity index (χ0n) is 36.6. The van der Waals surface area contributed by atoms with E-state index in [1.807, 2.05) is 0 Å². The minimum absolute atomic E-state index is 0.0262. The number of aliphatic hydroxyl groups is 9. The summed E-state index contributed by atoms with van der Waals surface area (Å²) < 4.78 is 49.8. The Hall–Kier alpha value is -0.940. The standard InChI is InChI=1S/C45H72O17/c1-19-8-13-45(55-18-19)20(2)30-27(62-45)15-26-24-7-6-22-14-23(9-11-43(22,4)25(24)10-12-44(26,30)5)57-42-37(54)39(61-41-36(53)34(51)32(49)28(16-46)58-41)38(29(17-47)59-42)60-40-35(52)33(50)31(48)21(3)56-40/h6,19-21,23-42,46-54H,7-18H2,1-5H3/t19-,20-,21-,23-,24+,25-,26-,27-,28+,29+,30-,31-,32+,33+,34-,35+,36+,37+,38+,39+,40+,41-,42+,43-,44-,45+/m0/s1. The van der Waals surface area contributed by atoms with Crippen molar-refractivity contribution in [2.75, 3.05) is 19.8 Å². The molecule has 5 heterocycles. The Morgan fingerprint density at radius 3 is 2.03 bits per heavy atom. The normalized spacial score (nSPS) is 57.6. The number of aliphatic hydroxyl groups excluding tert-OH is 9. The van der Waals surface area contributed by atoms with Crippen LogP contribution >= 0.6 is 0 Å². The fraction of sp³-hybridized carbons (Fsp3) is 0.956. The van der Waals surface area contributed by atoms with Gasteiger partial charge >= 0.3 is 0 Å². The fourth-order valence-corrected chi connectivity index (χ4v) is 14.0. The lowest BCUT2D eigenvalue weighted by atomic mass is 9.47. The van der Waals surface area contributed by atoms with E-state index in [0.717, 1.165) is 51.6 Å². The van der Waals surface area contributed by atoms with E-state index in [1.54, 1.807) is 0 Å². The van der Waals surface area contributed by atoms with Crippen molar-refractivity contribution in [2.45, 2.75) is 203 Å². The predicted octanol–water partition coefficient (Wildman–Crippen LogP) is 0.214. The molecule has 62 heavy (non-hydrogen) atoms. The van der Waals surface area contributed by atoms with E-state index < -0.39 is 111 Å². The zero-order valence-corrected chi connectivity index (χ0v) is 36.6. The Kier molecular flexibility index (Phi) is 12.9. The molecule has 9 rings (SSSR count). The van der Waals surface area contributed by atoms with E-state index in [2.05, 4.69) is 33.8 Å². The third kappa shape index (κ3) is 7.49. The van der Waals surface area contributed by atoms with Gasteiger partial charge in [0.2, 0.25) is 0 Å². The molecular weight excluding hydrogens is 812 g/mol. The second-order valence-electron chi connectivity index (χ2n) is 21.1. The second-order valence-corrected chi connectivity index (χ2v) is 21.1. The monoisotopic (exact) mass is 884 g/mol. The lowest BCUT2D eigenvalue weighted by molar-refractivity contribution is -0.388. The first-order valence-corrected chi connectivity index (χ1v) is 23.4. The molecule has 0 aromatic heterocycles. The number of rotatable bonds is 8. The van der Waals surface area contributed by atoms with Crippen molar-refractivity contribution >= 4 is 0 Å². The van der Waals surface area contributed by atoms with Gasteiger partial charge < -0.3 is 83.9 Å². The van der Waals surface area contributed by atoms with Gasteiger partial charge in [0.15, 0.2) is 24.7 Å². The van der Waals surface area contributed by atoms with Gasteiger partial charge in [0, 0.05) is 12.3 Å². The first kappa shape index (κ1) is 46.2. The zero-order chi connectivity index (χ0) is 44.2. The molecule has 0 radical (unpaired) electrons. The molecule has 5 aliphatic heterocycles. The minimum Gasteiger partial charge on any atom is -0.394 e. The average molecular weight is 885 g/mol. The number of hydrogen-bond donors (Lipinski definition) is 9. The highest BCUT2D eigenvalue weighted by Gasteiger charge is 2.69. The van der Waals surface area contributed by atoms with Crippen LogP contribution in [-0.4, -0.2) is 176 Å². The van der Waals surface area contributed by atoms with Gasteiger partial charge in [-0.05, 0) is 98.7 Å². The Balaban J connectivity index is 0.909. The Bertz CT molecular complexity index is 1610. The minimum atomic E-state index is -1.84. The topological polar surface area (TPSA) is 256 Å². The summed E-state index contributed by atoms with van der Waals surface area (Å²) in [6.07, 6.45) is -12.2. The smallest absolute Gasteiger partial charge is 0.187 e. The summed E-state index contributed by atoms with van der Waals surface area (Å²) in [6, 6.07) is 0. The highest BCUT2D eigenvalue weighted by atomic mass is 16.8. The maximum atomic E-state index is 12.0. The SMILES string of the molecule is C[C@H]1CC[C@@]2(OC1)O[C@H]1C[C@H]3[C@@H]4CC=C5C[C@@H](O[C@@H]6O[C@H](CO)[C@@H](O[C@H]7O[C@@H](C)[C@H](O)[C@@H](O)[C@H]7O)[C@H](O[C@@H]7O[C@H](CO)[C@@H](O)[C@H](O)[C@H]7O)[C@H]6O)CC[C@]5(C)[C@H]4CC[C@]3(C)[C@H]1[C@@H]2C. The summed E-state index contributed by atoms with van der Waals surface area (Å²) in [5.74, 6) is 2.59. The lowest BCUT2D eigenvalue weighted by Crippen LogP contribution is -2.67. The molecule has 0 aromatic carbocycles. The molecule has 9 aliphatic rings. The van der Waals surface area contributed by atoms with Crippen molar-refractivity contribution in [1.29, 1.82) is 0 Å². The van der Waals surface area contributed by atoms with Crippen LogP contribution in [0.1, 0.15) is 92.4 Å². The summed E-state index contributed by atoms with van der Waals surface area (Å²) in [4.78, 5) is 0. The Labute approximate surface area is 363 Å². The van der Waals surface area contributed by atoms with Crippen molar-refractivity contribution in [3.8, 4) is 0 Å². The van der Waals surface area contributed by atoms with E-state index in [0.29, 0.717) is 48.3 Å². The molecule has 354 valence electrons. The van der Waals surface area contributed by atoms with Gasteiger partial charge in [-0.3, -0.25) is 0 Å². The summed E-state index contributed by atoms with van der Waals surface area (Å²) in [5.41, 5.74) is 1.50. The van der Waals surface area contributed by atoms with Gasteiger partial charge in [-0.1, -0.05) is 39.3 Å². The highest BCUT2D eigenvalue weighted by molar-refractivity contribution is 5.26. The summed E-state index contributed by atoms with van der Waals surface area (Å²) in [6.45, 7) is 10.4. The number of allylic oxidation sites excluding steroid dienone is 1. The van der Waals surface area contributed by atoms with Gasteiger partial charge in [0.25, 0.3) is 0 Å². The molecule has 1 spiro atoms. The van der Waals surface area contributed by atoms with Gasteiger partial charge in [0.1, 0.15) is 67.1 Å². The van der Waals surface area contributed by atoms with Gasteiger partial charge in [-0.15, -0.1) is 0 Å². The van der Waals surface area contributed by atoms with Crippen LogP contribution in [0.15, 0.2) is 11.6 Å². The molecule has 26 atom stereocenters. The third-order valence-electron chi connectivity index (χ3n) is 17.7. The summed E-state index contributed by atoms with van der Waals surface area (Å²) >= 11 is 0. The van der Waals surface area contributed by atoms with Crippen LogP contribution in [0.5, 0.6) is 0 Å². The second kappa shape index (κ2) is 17.3. The van der Waals surface area contributed by atoms with Crippen LogP contribution in [0, 0.1) is 46.3 Å². The van der Waals surface area contributed by atoms with Crippen LogP contribution in [0.3, 0.4) is 0 Å². The van der Waals surface area contributed by atoms with E-state index in [-0.39, 0.29) is 23.0 Å². The number of hydrogen-bond acceptors (Lipinski definition) is 17. The van der Waals surface area contributed by atoms with Crippen molar-refractivity contribution in [3.63, 3.8) is 0 Å². The van der Waals surface area contributed by atoms with Gasteiger partial charge in [0.05, 0.1) is 38.1 Å². The van der Waals surface area contributed by atoms with E-state index in [4.69, 9.17) is 37.9 Å². The van der Waals surface area contributed by atoms with E-state index in [1.165, 1.54) is 12.5 Å². The van der Waals surface area contributed by atoms with Crippen LogP contribution < -0.4 is 0 Å². The van der Waals surface area contributed by atoms with Crippen LogP contribution in [0.4, 0.5) is 0 Å². The van der Waals surface area contributed by atoms with Crippen LogP contribution in [0.2, 0.25) is 0 Å². The molecule has 0 unspecified atom stereocenters. The molecule has 0 aromatic rings. The molecule has 0 bridgehead atoms. The maximum Gasteiger partial charge on any atom is 0.187 e. The predicted molar refractivity (Wildman–Crippen MR) is 214 cm³/mol. The van der Waals surface area contributed by atoms with Gasteiger partial charge in [-0.25, -0.2) is 0 Å². The molecule has 3 saturated carbocycles. The van der Waals surface area contributed by atoms with E-state index >= 15 is 0 Å². The molecule has 8 fully saturated rings. The van der Waals surface area contributed by atoms with E-state index in [9.17, 15) is 46.0 Å². The van der Waals surface area contributed by atoms with Crippen molar-refractivity contribution in [1.82, 2.24) is 0 Å². The molecule has 17 nitrogen and oxygen atoms in total. The summed E-state index contributed by atoms with van der Waals surface area (Å²) in [7, 11) is 0. The number of ether oxygens (including phenoxy) is 8. The molecule has 9 N–H and O–H groups in total. The quantitative estimate of drug-likeness (QED) is 0.148. The van der Waals surface area contributed by atoms with Crippen LogP contribution in [-0.2, 0) is 37.9 Å². The fourth-order valence-electron chi connectivity index (χ4n) is 14.0. The van der Waals surface area contributed by atoms with Crippen molar-refractivity contribution < 1.29 is 83.9 Å². The Morgan fingerprint density at radius 1 is 0.677 bits per heavy atom. The maximum absolute atomic E-state index is 12.0. The number of fused-ring (bicyclic) bond motifs is 7. The average Bonchev–Trinajstić information content (AvgIpc) is 3.70. The largest absolute Gasteiger partial charge is 0.394 e.